The van der Waals surface area contributed by atoms with E-state index in [2.05, 4.69) is 15.3 Å². The van der Waals surface area contributed by atoms with E-state index in [-0.39, 0.29) is 5.95 Å². The number of benzene rings is 1. The van der Waals surface area contributed by atoms with Gasteiger partial charge in [-0.25, -0.2) is 19.0 Å². The van der Waals surface area contributed by atoms with Crippen LogP contribution in [0.2, 0.25) is 0 Å². The van der Waals surface area contributed by atoms with E-state index in [1.54, 1.807) is 31.6 Å². The number of imidazole rings is 1. The second kappa shape index (κ2) is 6.22. The highest BCUT2D eigenvalue weighted by atomic mass is 16.6. The summed E-state index contributed by atoms with van der Waals surface area (Å²) in [5, 5.41) is 8.43. The largest absolute Gasteiger partial charge is 0.443 e. The van der Waals surface area contributed by atoms with Crippen molar-refractivity contribution in [3.8, 4) is 16.9 Å². The van der Waals surface area contributed by atoms with Crippen LogP contribution in [0.4, 0.5) is 10.7 Å². The molecule has 0 aliphatic heterocycles. The lowest BCUT2D eigenvalue weighted by atomic mass is 10.1. The van der Waals surface area contributed by atoms with Gasteiger partial charge in [0, 0.05) is 11.5 Å². The molecule has 8 heteroatoms. The lowest BCUT2D eigenvalue weighted by Crippen LogP contribution is -2.28. The molecule has 0 amide bonds. The van der Waals surface area contributed by atoms with Gasteiger partial charge in [0.1, 0.15) is 5.60 Å². The van der Waals surface area contributed by atoms with Crippen molar-refractivity contribution in [1.29, 1.82) is 0 Å². The highest BCUT2D eigenvalue weighted by molar-refractivity contribution is 5.81. The molecule has 0 unspecified atom stereocenters. The summed E-state index contributed by atoms with van der Waals surface area (Å²) in [6.07, 6.45) is 5.35. The van der Waals surface area contributed by atoms with Crippen LogP contribution in [0.1, 0.15) is 45.2 Å². The third-order valence-corrected chi connectivity index (χ3v) is 4.30. The summed E-state index contributed by atoms with van der Waals surface area (Å²) in [6.45, 7) is 5.42. The fourth-order valence-corrected chi connectivity index (χ4v) is 2.82. The predicted octanol–water partition coefficient (Wildman–Crippen LogP) is 3.37. The fraction of sp³-hybridized carbons (Fsp3) is 0.368. The maximum atomic E-state index is 12.5. The minimum absolute atomic E-state index is 0.0914. The monoisotopic (exact) mass is 366 g/mol. The molecule has 2 N–H and O–H groups in total. The third kappa shape index (κ3) is 3.55. The van der Waals surface area contributed by atoms with E-state index >= 15 is 0 Å². The van der Waals surface area contributed by atoms with Gasteiger partial charge in [-0.05, 0) is 45.7 Å². The first-order valence-electron chi connectivity index (χ1n) is 8.91. The maximum Gasteiger partial charge on any atom is 0.421 e. The summed E-state index contributed by atoms with van der Waals surface area (Å²) >= 11 is 0. The second-order valence-electron chi connectivity index (χ2n) is 7.73. The minimum Gasteiger partial charge on any atom is -0.443 e. The van der Waals surface area contributed by atoms with Crippen molar-refractivity contribution in [3.05, 3.63) is 42.4 Å². The van der Waals surface area contributed by atoms with E-state index in [1.807, 2.05) is 30.5 Å². The first kappa shape index (κ1) is 17.3. The van der Waals surface area contributed by atoms with E-state index in [0.29, 0.717) is 11.6 Å². The molecule has 1 aliphatic carbocycles. The van der Waals surface area contributed by atoms with Crippen molar-refractivity contribution < 1.29 is 9.53 Å². The molecule has 1 saturated carbocycles. The summed E-state index contributed by atoms with van der Waals surface area (Å²) in [5.41, 5.74) is 8.57. The van der Waals surface area contributed by atoms with Gasteiger partial charge in [0.25, 0.3) is 0 Å². The van der Waals surface area contributed by atoms with Crippen LogP contribution in [0.3, 0.4) is 0 Å². The van der Waals surface area contributed by atoms with Gasteiger partial charge in [-0.15, -0.1) is 5.10 Å². The van der Waals surface area contributed by atoms with E-state index in [9.17, 15) is 4.79 Å². The fourth-order valence-electron chi connectivity index (χ4n) is 2.82. The van der Waals surface area contributed by atoms with Crippen LogP contribution in [-0.2, 0) is 4.74 Å². The Labute approximate surface area is 157 Å². The van der Waals surface area contributed by atoms with Crippen molar-refractivity contribution in [1.82, 2.24) is 24.5 Å². The lowest BCUT2D eigenvalue weighted by Gasteiger charge is -2.20. The Kier molecular flexibility index (Phi) is 3.98. The smallest absolute Gasteiger partial charge is 0.421 e. The Morgan fingerprint density at radius 2 is 1.93 bits per heavy atom. The van der Waals surface area contributed by atoms with Crippen LogP contribution in [0.25, 0.3) is 16.9 Å². The van der Waals surface area contributed by atoms with Gasteiger partial charge in [-0.2, -0.15) is 0 Å². The molecule has 8 nitrogen and oxygen atoms in total. The number of anilines is 1. The molecule has 140 valence electrons. The van der Waals surface area contributed by atoms with Crippen molar-refractivity contribution in [3.63, 3.8) is 0 Å². The molecule has 0 bridgehead atoms. The summed E-state index contributed by atoms with van der Waals surface area (Å²) in [6, 6.07) is 7.63. The Balaban J connectivity index is 1.61. The molecule has 2 heterocycles. The molecule has 1 aliphatic rings. The quantitative estimate of drug-likeness (QED) is 0.762. The molecule has 1 aromatic carbocycles. The zero-order valence-corrected chi connectivity index (χ0v) is 15.6. The molecule has 4 rings (SSSR count). The molecule has 0 atom stereocenters. The first-order chi connectivity index (χ1) is 12.8. The van der Waals surface area contributed by atoms with E-state index < -0.39 is 11.7 Å². The third-order valence-electron chi connectivity index (χ3n) is 4.30. The second-order valence-corrected chi connectivity index (χ2v) is 7.73. The van der Waals surface area contributed by atoms with Crippen LogP contribution < -0.4 is 5.73 Å². The highest BCUT2D eigenvalue weighted by Crippen LogP contribution is 2.38. The number of nitrogens with zero attached hydrogens (tertiary/aromatic N) is 5. The molecule has 1 fully saturated rings. The topological polar surface area (TPSA) is 101 Å². The number of hydrogen-bond donors (Lipinski definition) is 1. The normalized spacial score (nSPS) is 14.3. The molecule has 2 aromatic heterocycles. The van der Waals surface area contributed by atoms with Crippen molar-refractivity contribution >= 4 is 12.0 Å². The van der Waals surface area contributed by atoms with Crippen LogP contribution in [0.15, 0.2) is 36.7 Å². The van der Waals surface area contributed by atoms with Gasteiger partial charge in [-0.3, -0.25) is 0 Å². The Hall–Kier alpha value is -3.16. The van der Waals surface area contributed by atoms with Crippen LogP contribution >= 0.6 is 0 Å². The van der Waals surface area contributed by atoms with Gasteiger partial charge in [0.05, 0.1) is 29.5 Å². The summed E-state index contributed by atoms with van der Waals surface area (Å²) < 4.78 is 8.47. The predicted molar refractivity (Wildman–Crippen MR) is 101 cm³/mol. The first-order valence-corrected chi connectivity index (χ1v) is 8.91. The van der Waals surface area contributed by atoms with Gasteiger partial charge in [0.2, 0.25) is 5.95 Å². The van der Waals surface area contributed by atoms with Gasteiger partial charge in [0.15, 0.2) is 0 Å². The SMILES string of the molecule is CC(C)(C)OC(=O)n1c(-c2ccc(-n3cc(C4CC4)nn3)cc2)cnc1N. The zero-order chi connectivity index (χ0) is 19.2. The molecule has 27 heavy (non-hydrogen) atoms. The Morgan fingerprint density at radius 1 is 1.22 bits per heavy atom. The number of ether oxygens (including phenoxy) is 1. The molecule has 0 spiro atoms. The van der Waals surface area contributed by atoms with Gasteiger partial charge in [-0.1, -0.05) is 17.3 Å². The molecular formula is C19H22N6O2. The van der Waals surface area contributed by atoms with Gasteiger partial charge < -0.3 is 10.5 Å². The lowest BCUT2D eigenvalue weighted by molar-refractivity contribution is 0.0543. The van der Waals surface area contributed by atoms with E-state index in [4.69, 9.17) is 10.5 Å². The number of nitrogens with two attached hydrogens (primary N) is 1. The average molecular weight is 366 g/mol. The number of carbonyl (C=O) groups is 1. The standard InChI is InChI=1S/C19H22N6O2/c1-19(2,3)27-18(26)25-16(10-21-17(25)20)13-6-8-14(9-7-13)24-11-15(22-23-24)12-4-5-12/h6-12H,4-5H2,1-3H3,(H2,20,21). The minimum atomic E-state index is -0.624. The highest BCUT2D eigenvalue weighted by Gasteiger charge is 2.27. The Morgan fingerprint density at radius 3 is 2.56 bits per heavy atom. The maximum absolute atomic E-state index is 12.5. The van der Waals surface area contributed by atoms with E-state index in [1.165, 1.54) is 17.4 Å². The zero-order valence-electron chi connectivity index (χ0n) is 15.6. The van der Waals surface area contributed by atoms with Crippen LogP contribution in [0.5, 0.6) is 0 Å². The molecular weight excluding hydrogens is 344 g/mol. The molecule has 3 aromatic rings. The average Bonchev–Trinajstić information content (AvgIpc) is 3.20. The number of carbonyl (C=O) groups excluding carboxylic acids is 1. The van der Waals surface area contributed by atoms with E-state index in [0.717, 1.165) is 16.9 Å². The van der Waals surface area contributed by atoms with Crippen LogP contribution in [0, 0.1) is 0 Å². The summed E-state index contributed by atoms with van der Waals surface area (Å²) in [4.78, 5) is 16.6. The Bertz CT molecular complexity index is 977. The number of rotatable bonds is 3. The summed E-state index contributed by atoms with van der Waals surface area (Å²) in [5.74, 6) is 0.651. The number of nitrogen functional groups attached to an aromatic ring is 1. The molecule has 0 saturated heterocycles. The van der Waals surface area contributed by atoms with Gasteiger partial charge >= 0.3 is 6.09 Å². The summed E-state index contributed by atoms with van der Waals surface area (Å²) in [7, 11) is 0. The van der Waals surface area contributed by atoms with Crippen molar-refractivity contribution in [2.45, 2.75) is 45.1 Å². The van der Waals surface area contributed by atoms with Crippen molar-refractivity contribution in [2.24, 2.45) is 0 Å². The number of hydrogen-bond acceptors (Lipinski definition) is 6. The van der Waals surface area contributed by atoms with Crippen LogP contribution in [-0.4, -0.2) is 36.2 Å². The van der Waals surface area contributed by atoms with Crippen molar-refractivity contribution in [2.75, 3.05) is 5.73 Å². The molecule has 0 radical (unpaired) electrons. The number of aromatic nitrogens is 5.